The first-order valence-electron chi connectivity index (χ1n) is 6.49. The van der Waals surface area contributed by atoms with E-state index in [1.807, 2.05) is 6.92 Å². The van der Waals surface area contributed by atoms with Crippen LogP contribution in [0, 0.1) is 0 Å². The molecule has 0 amide bonds. The smallest absolute Gasteiger partial charge is 0.354 e. The number of unbranched alkanes of at least 4 members (excludes halogenated alkanes) is 3. The lowest BCUT2D eigenvalue weighted by Gasteiger charge is -2.14. The number of carboxylic acids is 1. The van der Waals surface area contributed by atoms with Crippen LogP contribution in [0.1, 0.15) is 56.4 Å². The van der Waals surface area contributed by atoms with Crippen LogP contribution < -0.4 is 4.74 Å². The number of hydrogen-bond donors (Lipinski definition) is 1. The Morgan fingerprint density at radius 1 is 1.44 bits per heavy atom. The standard InChI is InChI=1S/C14H21NO3/c1-3-4-5-6-7-11(2)18-12-8-9-15-13(10-12)14(16)17/h8-11H,3-7H2,1-2H3,(H,16,17). The average Bonchev–Trinajstić information content (AvgIpc) is 2.35. The molecule has 1 aromatic heterocycles. The summed E-state index contributed by atoms with van der Waals surface area (Å²) in [6.07, 6.45) is 7.40. The Morgan fingerprint density at radius 2 is 2.22 bits per heavy atom. The summed E-state index contributed by atoms with van der Waals surface area (Å²) in [5.41, 5.74) is 0.0192. The van der Waals surface area contributed by atoms with Crippen LogP contribution in [0.25, 0.3) is 0 Å². The molecular formula is C14H21NO3. The van der Waals surface area contributed by atoms with Gasteiger partial charge in [0.25, 0.3) is 0 Å². The zero-order valence-corrected chi connectivity index (χ0v) is 11.1. The third kappa shape index (κ3) is 5.17. The third-order valence-electron chi connectivity index (χ3n) is 2.75. The second kappa shape index (κ2) is 7.69. The Morgan fingerprint density at radius 3 is 2.89 bits per heavy atom. The van der Waals surface area contributed by atoms with Gasteiger partial charge in [0.05, 0.1) is 6.10 Å². The Balaban J connectivity index is 2.41. The first-order valence-corrected chi connectivity index (χ1v) is 6.49. The van der Waals surface area contributed by atoms with E-state index in [1.54, 1.807) is 6.07 Å². The first kappa shape index (κ1) is 14.5. The number of pyridine rings is 1. The Kier molecular flexibility index (Phi) is 6.19. The fourth-order valence-corrected chi connectivity index (χ4v) is 1.75. The van der Waals surface area contributed by atoms with E-state index in [2.05, 4.69) is 11.9 Å². The maximum absolute atomic E-state index is 10.8. The highest BCUT2D eigenvalue weighted by Gasteiger charge is 2.08. The summed E-state index contributed by atoms with van der Waals surface area (Å²) in [5, 5.41) is 8.83. The van der Waals surface area contributed by atoms with Crippen molar-refractivity contribution >= 4 is 5.97 Å². The number of aromatic nitrogens is 1. The SMILES string of the molecule is CCCCCCC(C)Oc1ccnc(C(=O)O)c1. The van der Waals surface area contributed by atoms with Crippen molar-refractivity contribution in [3.05, 3.63) is 24.0 Å². The van der Waals surface area contributed by atoms with Crippen molar-refractivity contribution < 1.29 is 14.6 Å². The van der Waals surface area contributed by atoms with Gasteiger partial charge >= 0.3 is 5.97 Å². The molecule has 1 atom stereocenters. The molecule has 4 heteroatoms. The monoisotopic (exact) mass is 251 g/mol. The van der Waals surface area contributed by atoms with E-state index in [0.717, 1.165) is 12.8 Å². The van der Waals surface area contributed by atoms with Crippen LogP contribution in [0.15, 0.2) is 18.3 Å². The van der Waals surface area contributed by atoms with Crippen molar-refractivity contribution in [3.8, 4) is 5.75 Å². The fourth-order valence-electron chi connectivity index (χ4n) is 1.75. The first-order chi connectivity index (χ1) is 8.63. The highest BCUT2D eigenvalue weighted by molar-refractivity contribution is 5.85. The highest BCUT2D eigenvalue weighted by Crippen LogP contribution is 2.16. The van der Waals surface area contributed by atoms with Gasteiger partial charge in [0.15, 0.2) is 5.69 Å². The van der Waals surface area contributed by atoms with Gasteiger partial charge in [-0.3, -0.25) is 0 Å². The minimum atomic E-state index is -1.03. The van der Waals surface area contributed by atoms with Gasteiger partial charge in [-0.1, -0.05) is 26.2 Å². The lowest BCUT2D eigenvalue weighted by atomic mass is 10.1. The van der Waals surface area contributed by atoms with Crippen molar-refractivity contribution in [2.45, 2.75) is 52.1 Å². The van der Waals surface area contributed by atoms with Gasteiger partial charge in [-0.05, 0) is 25.8 Å². The molecule has 4 nitrogen and oxygen atoms in total. The average molecular weight is 251 g/mol. The molecule has 1 N–H and O–H groups in total. The van der Waals surface area contributed by atoms with Crippen LogP contribution in [0.2, 0.25) is 0 Å². The van der Waals surface area contributed by atoms with E-state index in [1.165, 1.54) is 31.5 Å². The van der Waals surface area contributed by atoms with Gasteiger partial charge in [-0.15, -0.1) is 0 Å². The van der Waals surface area contributed by atoms with E-state index in [0.29, 0.717) is 5.75 Å². The number of aromatic carboxylic acids is 1. The summed E-state index contributed by atoms with van der Waals surface area (Å²) in [7, 11) is 0. The van der Waals surface area contributed by atoms with E-state index in [-0.39, 0.29) is 11.8 Å². The number of rotatable bonds is 8. The van der Waals surface area contributed by atoms with Crippen molar-refractivity contribution in [2.24, 2.45) is 0 Å². The second-order valence-electron chi connectivity index (χ2n) is 4.46. The molecule has 0 aliphatic carbocycles. The van der Waals surface area contributed by atoms with E-state index >= 15 is 0 Å². The number of nitrogens with zero attached hydrogens (tertiary/aromatic N) is 1. The minimum absolute atomic E-state index is 0.0192. The van der Waals surface area contributed by atoms with Crippen molar-refractivity contribution in [3.63, 3.8) is 0 Å². The topological polar surface area (TPSA) is 59.4 Å². The predicted molar refractivity (Wildman–Crippen MR) is 70.0 cm³/mol. The molecule has 1 heterocycles. The molecule has 18 heavy (non-hydrogen) atoms. The van der Waals surface area contributed by atoms with Crippen molar-refractivity contribution in [2.75, 3.05) is 0 Å². The number of carboxylic acid groups (broad SMARTS) is 1. The lowest BCUT2D eigenvalue weighted by Crippen LogP contribution is -2.12. The number of ether oxygens (including phenoxy) is 1. The van der Waals surface area contributed by atoms with Gasteiger partial charge in [-0.25, -0.2) is 9.78 Å². The maximum Gasteiger partial charge on any atom is 0.354 e. The third-order valence-corrected chi connectivity index (χ3v) is 2.75. The minimum Gasteiger partial charge on any atom is -0.491 e. The van der Waals surface area contributed by atoms with Crippen LogP contribution in [0.4, 0.5) is 0 Å². The van der Waals surface area contributed by atoms with Crippen LogP contribution in [-0.4, -0.2) is 22.2 Å². The molecule has 1 unspecified atom stereocenters. The summed E-state index contributed by atoms with van der Waals surface area (Å²) in [6.45, 7) is 4.19. The maximum atomic E-state index is 10.8. The van der Waals surface area contributed by atoms with Gasteiger partial charge in [0.1, 0.15) is 5.75 Å². The molecule has 0 saturated carbocycles. The molecule has 0 aliphatic rings. The summed E-state index contributed by atoms with van der Waals surface area (Å²) in [6, 6.07) is 3.15. The zero-order chi connectivity index (χ0) is 13.4. The van der Waals surface area contributed by atoms with Gasteiger partial charge in [-0.2, -0.15) is 0 Å². The Bertz CT molecular complexity index is 379. The summed E-state index contributed by atoms with van der Waals surface area (Å²) in [4.78, 5) is 14.5. The molecule has 0 radical (unpaired) electrons. The Hall–Kier alpha value is -1.58. The fraction of sp³-hybridized carbons (Fsp3) is 0.571. The normalized spacial score (nSPS) is 12.1. The van der Waals surface area contributed by atoms with Crippen LogP contribution >= 0.6 is 0 Å². The summed E-state index contributed by atoms with van der Waals surface area (Å²) in [5.74, 6) is -0.457. The van der Waals surface area contributed by atoms with Gasteiger partial charge < -0.3 is 9.84 Å². The van der Waals surface area contributed by atoms with Gasteiger partial charge in [0.2, 0.25) is 0 Å². The largest absolute Gasteiger partial charge is 0.491 e. The van der Waals surface area contributed by atoms with E-state index in [9.17, 15) is 4.79 Å². The molecular weight excluding hydrogens is 230 g/mol. The molecule has 0 aliphatic heterocycles. The molecule has 100 valence electrons. The number of carbonyl (C=O) groups is 1. The van der Waals surface area contributed by atoms with Crippen LogP contribution in [-0.2, 0) is 0 Å². The van der Waals surface area contributed by atoms with Crippen molar-refractivity contribution in [1.29, 1.82) is 0 Å². The van der Waals surface area contributed by atoms with Crippen molar-refractivity contribution in [1.82, 2.24) is 4.98 Å². The van der Waals surface area contributed by atoms with Crippen LogP contribution in [0.5, 0.6) is 5.75 Å². The molecule has 1 aromatic rings. The Labute approximate surface area is 108 Å². The van der Waals surface area contributed by atoms with Gasteiger partial charge in [0, 0.05) is 12.3 Å². The summed E-state index contributed by atoms with van der Waals surface area (Å²) < 4.78 is 5.68. The van der Waals surface area contributed by atoms with E-state index in [4.69, 9.17) is 9.84 Å². The highest BCUT2D eigenvalue weighted by atomic mass is 16.5. The van der Waals surface area contributed by atoms with Crippen LogP contribution in [0.3, 0.4) is 0 Å². The molecule has 0 spiro atoms. The molecule has 1 rings (SSSR count). The predicted octanol–water partition coefficient (Wildman–Crippen LogP) is 3.52. The number of hydrogen-bond acceptors (Lipinski definition) is 3. The lowest BCUT2D eigenvalue weighted by molar-refractivity contribution is 0.0689. The second-order valence-corrected chi connectivity index (χ2v) is 4.46. The zero-order valence-electron chi connectivity index (χ0n) is 11.1. The summed E-state index contributed by atoms with van der Waals surface area (Å²) >= 11 is 0. The van der Waals surface area contributed by atoms with E-state index < -0.39 is 5.97 Å². The quantitative estimate of drug-likeness (QED) is 0.718. The molecule has 0 fully saturated rings. The molecule has 0 bridgehead atoms. The molecule has 0 saturated heterocycles. The molecule has 0 aromatic carbocycles.